The SMILES string of the molecule is COCC(C)NC(=O)C[C@H](NC(=O)c1cc(OC)n(-c2ccccc2F)n1)c1ccccc1C. The van der Waals surface area contributed by atoms with Crippen molar-refractivity contribution in [2.75, 3.05) is 20.8 Å². The van der Waals surface area contributed by atoms with Crippen LogP contribution >= 0.6 is 0 Å². The Morgan fingerprint density at radius 1 is 1.09 bits per heavy atom. The molecule has 0 aliphatic heterocycles. The number of hydrogen-bond donors (Lipinski definition) is 2. The smallest absolute Gasteiger partial charge is 0.272 e. The molecule has 3 aromatic rings. The monoisotopic (exact) mass is 468 g/mol. The van der Waals surface area contributed by atoms with Crippen LogP contribution < -0.4 is 15.4 Å². The number of halogens is 1. The molecule has 1 heterocycles. The van der Waals surface area contributed by atoms with Crippen LogP contribution in [0.5, 0.6) is 5.88 Å². The average molecular weight is 469 g/mol. The third-order valence-corrected chi connectivity index (χ3v) is 5.28. The van der Waals surface area contributed by atoms with Gasteiger partial charge in [-0.2, -0.15) is 9.78 Å². The minimum atomic E-state index is -0.604. The fourth-order valence-electron chi connectivity index (χ4n) is 3.68. The predicted molar refractivity (Wildman–Crippen MR) is 126 cm³/mol. The number of amides is 2. The summed E-state index contributed by atoms with van der Waals surface area (Å²) in [4.78, 5) is 25.8. The molecule has 8 nitrogen and oxygen atoms in total. The molecule has 0 saturated carbocycles. The maximum atomic E-state index is 14.3. The molecule has 0 spiro atoms. The minimum Gasteiger partial charge on any atom is -0.481 e. The number of ether oxygens (including phenoxy) is 2. The largest absolute Gasteiger partial charge is 0.481 e. The standard InChI is InChI=1S/C25H29FN4O4/c1-16-9-5-6-10-18(16)20(13-23(31)27-17(2)15-33-3)28-25(32)21-14-24(34-4)30(29-21)22-12-8-7-11-19(22)26/h5-12,14,17,20H,13,15H2,1-4H3,(H,27,31)(H,28,32)/t17?,20-/m0/s1. The van der Waals surface area contributed by atoms with E-state index < -0.39 is 17.8 Å². The summed E-state index contributed by atoms with van der Waals surface area (Å²) in [5.41, 5.74) is 1.93. The van der Waals surface area contributed by atoms with Crippen LogP contribution in [0.2, 0.25) is 0 Å². The third-order valence-electron chi connectivity index (χ3n) is 5.28. The van der Waals surface area contributed by atoms with E-state index in [9.17, 15) is 14.0 Å². The maximum Gasteiger partial charge on any atom is 0.272 e. The van der Waals surface area contributed by atoms with Crippen LogP contribution in [-0.2, 0) is 9.53 Å². The second-order valence-electron chi connectivity index (χ2n) is 7.95. The van der Waals surface area contributed by atoms with E-state index in [0.717, 1.165) is 11.1 Å². The molecule has 180 valence electrons. The molecule has 0 saturated heterocycles. The highest BCUT2D eigenvalue weighted by molar-refractivity contribution is 5.93. The highest BCUT2D eigenvalue weighted by atomic mass is 19.1. The normalized spacial score (nSPS) is 12.6. The van der Waals surface area contributed by atoms with Crippen molar-refractivity contribution in [2.45, 2.75) is 32.4 Å². The molecule has 2 N–H and O–H groups in total. The van der Waals surface area contributed by atoms with Crippen molar-refractivity contribution < 1.29 is 23.5 Å². The van der Waals surface area contributed by atoms with Gasteiger partial charge in [-0.15, -0.1) is 0 Å². The van der Waals surface area contributed by atoms with Crippen LogP contribution in [0, 0.1) is 12.7 Å². The maximum absolute atomic E-state index is 14.3. The number of nitrogens with one attached hydrogen (secondary N) is 2. The molecule has 0 aliphatic rings. The quantitative estimate of drug-likeness (QED) is 0.476. The predicted octanol–water partition coefficient (Wildman–Crippen LogP) is 3.34. The Balaban J connectivity index is 1.86. The van der Waals surface area contributed by atoms with Gasteiger partial charge >= 0.3 is 0 Å². The number of aromatic nitrogens is 2. The van der Waals surface area contributed by atoms with E-state index in [4.69, 9.17) is 9.47 Å². The van der Waals surface area contributed by atoms with Crippen LogP contribution in [0.15, 0.2) is 54.6 Å². The Hall–Kier alpha value is -3.72. The molecule has 2 aromatic carbocycles. The van der Waals surface area contributed by atoms with Crippen molar-refractivity contribution in [2.24, 2.45) is 0 Å². The van der Waals surface area contributed by atoms with Crippen LogP contribution in [0.3, 0.4) is 0 Å². The van der Waals surface area contributed by atoms with Gasteiger partial charge in [0.15, 0.2) is 5.69 Å². The first-order valence-corrected chi connectivity index (χ1v) is 10.9. The molecule has 1 unspecified atom stereocenters. The molecule has 2 atom stereocenters. The van der Waals surface area contributed by atoms with Crippen molar-refractivity contribution in [3.63, 3.8) is 0 Å². The number of hydrogen-bond acceptors (Lipinski definition) is 5. The fraction of sp³-hybridized carbons (Fsp3) is 0.320. The lowest BCUT2D eigenvalue weighted by Gasteiger charge is -2.21. The number of aryl methyl sites for hydroxylation is 1. The Kier molecular flexibility index (Phi) is 8.37. The van der Waals surface area contributed by atoms with Gasteiger partial charge in [0.2, 0.25) is 11.8 Å². The lowest BCUT2D eigenvalue weighted by atomic mass is 9.98. The molecule has 9 heteroatoms. The third kappa shape index (κ3) is 5.99. The van der Waals surface area contributed by atoms with Gasteiger partial charge in [-0.25, -0.2) is 4.39 Å². The zero-order valence-electron chi connectivity index (χ0n) is 19.7. The minimum absolute atomic E-state index is 0.0236. The average Bonchev–Trinajstić information content (AvgIpc) is 3.24. The zero-order chi connectivity index (χ0) is 24.7. The van der Waals surface area contributed by atoms with E-state index in [1.54, 1.807) is 19.2 Å². The Bertz CT molecular complexity index is 1150. The lowest BCUT2D eigenvalue weighted by molar-refractivity contribution is -0.122. The second kappa shape index (κ2) is 11.4. The first-order chi connectivity index (χ1) is 16.3. The molecular weight excluding hydrogens is 439 g/mol. The number of carbonyl (C=O) groups excluding carboxylic acids is 2. The number of para-hydroxylation sites is 1. The summed E-state index contributed by atoms with van der Waals surface area (Å²) in [6.07, 6.45) is 0.0236. The second-order valence-corrected chi connectivity index (χ2v) is 7.95. The summed E-state index contributed by atoms with van der Waals surface area (Å²) in [6, 6.07) is 14.2. The highest BCUT2D eigenvalue weighted by Gasteiger charge is 2.24. The van der Waals surface area contributed by atoms with Gasteiger partial charge in [0.25, 0.3) is 5.91 Å². The van der Waals surface area contributed by atoms with E-state index in [2.05, 4.69) is 15.7 Å². The van der Waals surface area contributed by atoms with Crippen molar-refractivity contribution in [1.29, 1.82) is 0 Å². The molecule has 0 radical (unpaired) electrons. The first-order valence-electron chi connectivity index (χ1n) is 10.9. The molecule has 2 amide bonds. The van der Waals surface area contributed by atoms with Gasteiger partial charge in [-0.05, 0) is 37.1 Å². The summed E-state index contributed by atoms with van der Waals surface area (Å²) in [7, 11) is 2.98. The Labute approximate surface area is 198 Å². The van der Waals surface area contributed by atoms with Crippen molar-refractivity contribution in [3.05, 3.63) is 77.2 Å². The number of benzene rings is 2. The highest BCUT2D eigenvalue weighted by Crippen LogP contribution is 2.24. The Morgan fingerprint density at radius 3 is 2.47 bits per heavy atom. The van der Waals surface area contributed by atoms with Gasteiger partial charge < -0.3 is 20.1 Å². The topological polar surface area (TPSA) is 94.5 Å². The molecule has 1 aromatic heterocycles. The molecule has 0 aliphatic carbocycles. The summed E-state index contributed by atoms with van der Waals surface area (Å²) in [5, 5.41) is 10.0. The fourth-order valence-corrected chi connectivity index (χ4v) is 3.68. The van der Waals surface area contributed by atoms with Crippen LogP contribution in [-0.4, -0.2) is 48.5 Å². The van der Waals surface area contributed by atoms with Gasteiger partial charge in [0.05, 0.1) is 26.2 Å². The van der Waals surface area contributed by atoms with Crippen LogP contribution in [0.4, 0.5) is 4.39 Å². The number of rotatable bonds is 10. The van der Waals surface area contributed by atoms with E-state index in [1.165, 1.54) is 30.0 Å². The summed E-state index contributed by atoms with van der Waals surface area (Å²) >= 11 is 0. The van der Waals surface area contributed by atoms with E-state index in [1.807, 2.05) is 38.1 Å². The molecular formula is C25H29FN4O4. The number of carbonyl (C=O) groups is 2. The molecule has 34 heavy (non-hydrogen) atoms. The summed E-state index contributed by atoms with van der Waals surface area (Å²) < 4.78 is 25.9. The van der Waals surface area contributed by atoms with Crippen molar-refractivity contribution in [3.8, 4) is 11.6 Å². The van der Waals surface area contributed by atoms with Crippen molar-refractivity contribution >= 4 is 11.8 Å². The molecule has 3 rings (SSSR count). The first kappa shape index (κ1) is 24.9. The summed E-state index contributed by atoms with van der Waals surface area (Å²) in [6.45, 7) is 4.13. The van der Waals surface area contributed by atoms with Gasteiger partial charge in [-0.3, -0.25) is 9.59 Å². The van der Waals surface area contributed by atoms with Gasteiger partial charge in [-0.1, -0.05) is 36.4 Å². The van der Waals surface area contributed by atoms with E-state index in [0.29, 0.717) is 6.61 Å². The van der Waals surface area contributed by atoms with Crippen molar-refractivity contribution in [1.82, 2.24) is 20.4 Å². The number of methoxy groups -OCH3 is 2. The summed E-state index contributed by atoms with van der Waals surface area (Å²) in [5.74, 6) is -1.05. The lowest BCUT2D eigenvalue weighted by Crippen LogP contribution is -2.39. The van der Waals surface area contributed by atoms with E-state index in [-0.39, 0.29) is 35.6 Å². The molecule has 0 bridgehead atoms. The molecule has 0 fully saturated rings. The number of nitrogens with zero attached hydrogens (tertiary/aromatic N) is 2. The van der Waals surface area contributed by atoms with Gasteiger partial charge in [0.1, 0.15) is 11.5 Å². The van der Waals surface area contributed by atoms with Gasteiger partial charge in [0, 0.05) is 19.2 Å². The van der Waals surface area contributed by atoms with Crippen LogP contribution in [0.25, 0.3) is 5.69 Å². The Morgan fingerprint density at radius 2 is 1.79 bits per heavy atom. The zero-order valence-corrected chi connectivity index (χ0v) is 19.7. The van der Waals surface area contributed by atoms with Crippen LogP contribution in [0.1, 0.15) is 41.0 Å². The van der Waals surface area contributed by atoms with E-state index >= 15 is 0 Å².